The summed E-state index contributed by atoms with van der Waals surface area (Å²) in [4.78, 5) is 17.5. The number of hydrogen-bond acceptors (Lipinski definition) is 4. The molecule has 1 amide bonds. The molecule has 2 fully saturated rings. The minimum Gasteiger partial charge on any atom is -0.390 e. The van der Waals surface area contributed by atoms with E-state index < -0.39 is 5.60 Å². The van der Waals surface area contributed by atoms with Crippen LogP contribution in [0.1, 0.15) is 61.9 Å². The molecule has 0 aromatic heterocycles. The molecule has 1 atom stereocenters. The number of amides is 1. The normalized spacial score (nSPS) is 22.1. The molecule has 5 heteroatoms. The lowest BCUT2D eigenvalue weighted by molar-refractivity contribution is 0.0216. The smallest absolute Gasteiger partial charge is 0.253 e. The van der Waals surface area contributed by atoms with Crippen LogP contribution in [0, 0.1) is 0 Å². The second kappa shape index (κ2) is 9.86. The summed E-state index contributed by atoms with van der Waals surface area (Å²) in [5.41, 5.74) is 1.23. The summed E-state index contributed by atoms with van der Waals surface area (Å²) >= 11 is 0. The molecule has 1 unspecified atom stereocenters. The van der Waals surface area contributed by atoms with Gasteiger partial charge >= 0.3 is 0 Å². The van der Waals surface area contributed by atoms with E-state index in [-0.39, 0.29) is 12.0 Å². The minimum atomic E-state index is -0.663. The number of rotatable bonds is 6. The second-order valence-corrected chi connectivity index (χ2v) is 8.97. The number of ether oxygens (including phenoxy) is 1. The van der Waals surface area contributed by atoms with Crippen LogP contribution in [0.3, 0.4) is 0 Å². The van der Waals surface area contributed by atoms with Crippen LogP contribution in [0.5, 0.6) is 0 Å². The van der Waals surface area contributed by atoms with E-state index in [1.165, 1.54) is 19.3 Å². The zero-order valence-electron chi connectivity index (χ0n) is 17.5. The van der Waals surface area contributed by atoms with Crippen molar-refractivity contribution in [1.82, 2.24) is 9.80 Å². The molecule has 1 N–H and O–H groups in total. The minimum absolute atomic E-state index is 0.100. The standard InChI is InChI=1S/C23H36N2O3/c1-23(2,27)12-11-19-7-9-20(10-8-19)22(26)25-15-6-16-28-21(18-25)17-24-13-4-3-5-14-24/h7-10,21,27H,3-6,11-18H2,1-2H3. The van der Waals surface area contributed by atoms with Crippen molar-refractivity contribution < 1.29 is 14.6 Å². The van der Waals surface area contributed by atoms with Crippen LogP contribution in [0.4, 0.5) is 0 Å². The monoisotopic (exact) mass is 388 g/mol. The van der Waals surface area contributed by atoms with E-state index in [9.17, 15) is 9.90 Å². The molecule has 0 spiro atoms. The fraction of sp³-hybridized carbons (Fsp3) is 0.696. The lowest BCUT2D eigenvalue weighted by atomic mass is 9.98. The average Bonchev–Trinajstić information content (AvgIpc) is 2.92. The van der Waals surface area contributed by atoms with Crippen molar-refractivity contribution in [1.29, 1.82) is 0 Å². The van der Waals surface area contributed by atoms with Crippen molar-refractivity contribution in [3.8, 4) is 0 Å². The number of likely N-dealkylation sites (tertiary alicyclic amines) is 1. The second-order valence-electron chi connectivity index (χ2n) is 8.97. The highest BCUT2D eigenvalue weighted by molar-refractivity contribution is 5.94. The summed E-state index contributed by atoms with van der Waals surface area (Å²) in [5, 5.41) is 9.88. The highest BCUT2D eigenvalue weighted by atomic mass is 16.5. The van der Waals surface area contributed by atoms with E-state index in [1.54, 1.807) is 0 Å². The molecule has 2 heterocycles. The molecule has 1 aromatic carbocycles. The van der Waals surface area contributed by atoms with Crippen molar-refractivity contribution in [2.24, 2.45) is 0 Å². The molecular weight excluding hydrogens is 352 g/mol. The third kappa shape index (κ3) is 6.57. The summed E-state index contributed by atoms with van der Waals surface area (Å²) in [6.07, 6.45) is 6.40. The third-order valence-electron chi connectivity index (χ3n) is 5.77. The Bertz CT molecular complexity index is 618. The predicted octanol–water partition coefficient (Wildman–Crippen LogP) is 3.11. The van der Waals surface area contributed by atoms with Crippen LogP contribution < -0.4 is 0 Å². The fourth-order valence-corrected chi connectivity index (χ4v) is 4.07. The van der Waals surface area contributed by atoms with E-state index >= 15 is 0 Å². The summed E-state index contributed by atoms with van der Waals surface area (Å²) in [6.45, 7) is 9.06. The number of aliphatic hydroxyl groups is 1. The van der Waals surface area contributed by atoms with Gasteiger partial charge in [0, 0.05) is 31.8 Å². The van der Waals surface area contributed by atoms with Crippen molar-refractivity contribution in [3.63, 3.8) is 0 Å². The van der Waals surface area contributed by atoms with Gasteiger partial charge in [0.25, 0.3) is 5.91 Å². The lowest BCUT2D eigenvalue weighted by Crippen LogP contribution is -2.43. The SMILES string of the molecule is CC(C)(O)CCc1ccc(C(=O)N2CCCOC(CN3CCCCC3)C2)cc1. The van der Waals surface area contributed by atoms with Gasteiger partial charge in [-0.05, 0) is 76.7 Å². The van der Waals surface area contributed by atoms with Crippen LogP contribution in [-0.4, -0.2) is 71.8 Å². The summed E-state index contributed by atoms with van der Waals surface area (Å²) in [7, 11) is 0. The van der Waals surface area contributed by atoms with Gasteiger partial charge in [-0.3, -0.25) is 4.79 Å². The Morgan fingerprint density at radius 3 is 2.50 bits per heavy atom. The number of nitrogens with zero attached hydrogens (tertiary/aromatic N) is 2. The third-order valence-corrected chi connectivity index (χ3v) is 5.77. The first-order valence-electron chi connectivity index (χ1n) is 10.9. The van der Waals surface area contributed by atoms with Gasteiger partial charge < -0.3 is 19.6 Å². The van der Waals surface area contributed by atoms with Gasteiger partial charge in [0.1, 0.15) is 0 Å². The highest BCUT2D eigenvalue weighted by Crippen LogP contribution is 2.17. The first-order chi connectivity index (χ1) is 13.4. The maximum Gasteiger partial charge on any atom is 0.253 e. The van der Waals surface area contributed by atoms with Crippen LogP contribution >= 0.6 is 0 Å². The number of benzene rings is 1. The quantitative estimate of drug-likeness (QED) is 0.814. The summed E-state index contributed by atoms with van der Waals surface area (Å²) < 4.78 is 6.05. The lowest BCUT2D eigenvalue weighted by Gasteiger charge is -2.31. The molecule has 5 nitrogen and oxygen atoms in total. The topological polar surface area (TPSA) is 53.0 Å². The molecule has 0 aliphatic carbocycles. The molecule has 0 radical (unpaired) electrons. The summed E-state index contributed by atoms with van der Waals surface area (Å²) in [5.74, 6) is 0.100. The number of hydrogen-bond donors (Lipinski definition) is 1. The highest BCUT2D eigenvalue weighted by Gasteiger charge is 2.25. The molecular formula is C23H36N2O3. The van der Waals surface area contributed by atoms with Gasteiger partial charge in [-0.1, -0.05) is 18.6 Å². The zero-order chi connectivity index (χ0) is 20.0. The number of carbonyl (C=O) groups is 1. The van der Waals surface area contributed by atoms with Gasteiger partial charge in [0.15, 0.2) is 0 Å². The molecule has 28 heavy (non-hydrogen) atoms. The predicted molar refractivity (Wildman–Crippen MR) is 112 cm³/mol. The maximum absolute atomic E-state index is 13.0. The number of piperidine rings is 1. The van der Waals surface area contributed by atoms with E-state index in [2.05, 4.69) is 4.90 Å². The van der Waals surface area contributed by atoms with Gasteiger partial charge in [-0.25, -0.2) is 0 Å². The molecule has 1 aromatic rings. The van der Waals surface area contributed by atoms with Crippen molar-refractivity contribution in [3.05, 3.63) is 35.4 Å². The van der Waals surface area contributed by atoms with Crippen LogP contribution in [0.15, 0.2) is 24.3 Å². The molecule has 2 aliphatic rings. The molecule has 0 bridgehead atoms. The average molecular weight is 389 g/mol. The number of carbonyl (C=O) groups excluding carboxylic acids is 1. The Balaban J connectivity index is 1.57. The Hall–Kier alpha value is -1.43. The zero-order valence-corrected chi connectivity index (χ0v) is 17.5. The van der Waals surface area contributed by atoms with Crippen LogP contribution in [0.2, 0.25) is 0 Å². The fourth-order valence-electron chi connectivity index (χ4n) is 4.07. The Labute approximate surface area is 169 Å². The molecule has 2 saturated heterocycles. The van der Waals surface area contributed by atoms with E-state index in [4.69, 9.17) is 4.74 Å². The Kier molecular flexibility index (Phi) is 7.49. The van der Waals surface area contributed by atoms with Gasteiger partial charge in [-0.2, -0.15) is 0 Å². The van der Waals surface area contributed by atoms with Crippen LogP contribution in [-0.2, 0) is 11.2 Å². The van der Waals surface area contributed by atoms with E-state index in [0.717, 1.165) is 56.8 Å². The largest absolute Gasteiger partial charge is 0.390 e. The van der Waals surface area contributed by atoms with Crippen molar-refractivity contribution in [2.45, 2.75) is 64.1 Å². The van der Waals surface area contributed by atoms with Crippen molar-refractivity contribution in [2.75, 3.05) is 39.3 Å². The van der Waals surface area contributed by atoms with E-state index in [1.807, 2.05) is 43.0 Å². The molecule has 0 saturated carbocycles. The number of aryl methyl sites for hydroxylation is 1. The van der Waals surface area contributed by atoms with Crippen LogP contribution in [0.25, 0.3) is 0 Å². The Morgan fingerprint density at radius 1 is 1.11 bits per heavy atom. The Morgan fingerprint density at radius 2 is 1.82 bits per heavy atom. The van der Waals surface area contributed by atoms with Gasteiger partial charge in [-0.15, -0.1) is 0 Å². The first kappa shape index (κ1) is 21.3. The molecule has 2 aliphatic heterocycles. The molecule has 3 rings (SSSR count). The maximum atomic E-state index is 13.0. The van der Waals surface area contributed by atoms with Gasteiger partial charge in [0.05, 0.1) is 11.7 Å². The first-order valence-corrected chi connectivity index (χ1v) is 10.9. The van der Waals surface area contributed by atoms with Gasteiger partial charge in [0.2, 0.25) is 0 Å². The molecule has 156 valence electrons. The van der Waals surface area contributed by atoms with E-state index in [0.29, 0.717) is 13.0 Å². The van der Waals surface area contributed by atoms with Crippen molar-refractivity contribution >= 4 is 5.91 Å². The summed E-state index contributed by atoms with van der Waals surface area (Å²) in [6, 6.07) is 7.87.